The van der Waals surface area contributed by atoms with Gasteiger partial charge in [-0.25, -0.2) is 4.98 Å². The second-order valence-corrected chi connectivity index (χ2v) is 5.05. The Bertz CT molecular complexity index is 799. The predicted octanol–water partition coefficient (Wildman–Crippen LogP) is 2.66. The first-order valence-corrected chi connectivity index (χ1v) is 7.36. The van der Waals surface area contributed by atoms with Crippen LogP contribution < -0.4 is 5.32 Å². The van der Waals surface area contributed by atoms with E-state index >= 15 is 0 Å². The van der Waals surface area contributed by atoms with Gasteiger partial charge in [-0.15, -0.1) is 0 Å². The smallest absolute Gasteiger partial charge is 0.251 e. The van der Waals surface area contributed by atoms with Gasteiger partial charge in [-0.2, -0.15) is 0 Å². The minimum atomic E-state index is -0.137. The Morgan fingerprint density at radius 3 is 3.04 bits per heavy atom. The number of nitrogens with zero attached hydrogens (tertiary/aromatic N) is 2. The number of hydrogen-bond acceptors (Lipinski definition) is 5. The molecule has 0 saturated heterocycles. The van der Waals surface area contributed by atoms with Gasteiger partial charge in [0.2, 0.25) is 5.89 Å². The number of carbonyl (C=O) groups excluding carboxylic acids is 1. The highest BCUT2D eigenvalue weighted by Crippen LogP contribution is 2.24. The number of rotatable bonds is 6. The molecule has 2 heterocycles. The molecule has 0 aliphatic carbocycles. The topological polar surface area (TPSA) is 77.2 Å². The molecule has 23 heavy (non-hydrogen) atoms. The lowest BCUT2D eigenvalue weighted by molar-refractivity contribution is 0.0948. The number of benzene rings is 1. The Balaban J connectivity index is 1.78. The van der Waals surface area contributed by atoms with Crippen molar-refractivity contribution in [2.24, 2.45) is 0 Å². The van der Waals surface area contributed by atoms with Crippen molar-refractivity contribution in [3.05, 3.63) is 48.3 Å². The van der Waals surface area contributed by atoms with Gasteiger partial charge in [0.15, 0.2) is 5.58 Å². The first-order chi connectivity index (χ1) is 11.3. The van der Waals surface area contributed by atoms with Crippen LogP contribution in [0.15, 0.2) is 47.1 Å². The van der Waals surface area contributed by atoms with Gasteiger partial charge in [-0.3, -0.25) is 9.78 Å². The molecule has 0 spiro atoms. The number of ether oxygens (including phenoxy) is 1. The summed E-state index contributed by atoms with van der Waals surface area (Å²) in [4.78, 5) is 20.6. The zero-order valence-electron chi connectivity index (χ0n) is 12.8. The monoisotopic (exact) mass is 311 g/mol. The Labute approximate surface area is 133 Å². The summed E-state index contributed by atoms with van der Waals surface area (Å²) >= 11 is 0. The maximum absolute atomic E-state index is 12.1. The number of aromatic nitrogens is 2. The zero-order chi connectivity index (χ0) is 16.1. The summed E-state index contributed by atoms with van der Waals surface area (Å²) < 4.78 is 10.7. The van der Waals surface area contributed by atoms with Crippen LogP contribution >= 0.6 is 0 Å². The average molecular weight is 311 g/mol. The van der Waals surface area contributed by atoms with Gasteiger partial charge in [-0.05, 0) is 36.8 Å². The molecular formula is C17H17N3O3. The van der Waals surface area contributed by atoms with E-state index in [0.717, 1.165) is 12.0 Å². The van der Waals surface area contributed by atoms with Crippen LogP contribution in [0.25, 0.3) is 22.6 Å². The highest BCUT2D eigenvalue weighted by atomic mass is 16.5. The molecule has 0 saturated carbocycles. The molecule has 1 aromatic carbocycles. The van der Waals surface area contributed by atoms with Crippen molar-refractivity contribution >= 4 is 17.0 Å². The summed E-state index contributed by atoms with van der Waals surface area (Å²) in [5.74, 6) is 0.355. The minimum absolute atomic E-state index is 0.137. The number of methoxy groups -OCH3 is 1. The molecule has 0 fully saturated rings. The second-order valence-electron chi connectivity index (χ2n) is 5.05. The van der Waals surface area contributed by atoms with E-state index in [1.807, 2.05) is 12.1 Å². The fourth-order valence-electron chi connectivity index (χ4n) is 2.20. The summed E-state index contributed by atoms with van der Waals surface area (Å²) in [5, 5.41) is 2.85. The fourth-order valence-corrected chi connectivity index (χ4v) is 2.20. The largest absolute Gasteiger partial charge is 0.436 e. The van der Waals surface area contributed by atoms with Crippen molar-refractivity contribution in [2.75, 3.05) is 20.3 Å². The molecule has 0 unspecified atom stereocenters. The van der Waals surface area contributed by atoms with Crippen molar-refractivity contribution in [2.45, 2.75) is 6.42 Å². The van der Waals surface area contributed by atoms with Crippen LogP contribution in [0.1, 0.15) is 16.8 Å². The quantitative estimate of drug-likeness (QED) is 0.708. The third-order valence-electron chi connectivity index (χ3n) is 3.37. The Morgan fingerprint density at radius 1 is 1.35 bits per heavy atom. The van der Waals surface area contributed by atoms with E-state index in [1.165, 1.54) is 0 Å². The molecule has 3 rings (SSSR count). The molecule has 118 valence electrons. The van der Waals surface area contributed by atoms with Gasteiger partial charge in [0.25, 0.3) is 5.91 Å². The summed E-state index contributed by atoms with van der Waals surface area (Å²) in [5.41, 5.74) is 2.63. The molecule has 3 aromatic rings. The van der Waals surface area contributed by atoms with Crippen molar-refractivity contribution in [3.8, 4) is 11.5 Å². The molecule has 2 aromatic heterocycles. The molecule has 0 aliphatic rings. The number of hydrogen-bond donors (Lipinski definition) is 1. The van der Waals surface area contributed by atoms with Gasteiger partial charge in [-0.1, -0.05) is 0 Å². The SMILES string of the molecule is COCCCNC(=O)c1ccc2nc(-c3cccnc3)oc2c1. The number of amides is 1. The van der Waals surface area contributed by atoms with Crippen molar-refractivity contribution in [1.82, 2.24) is 15.3 Å². The maximum atomic E-state index is 12.1. The Morgan fingerprint density at radius 2 is 2.26 bits per heavy atom. The van der Waals surface area contributed by atoms with Crippen LogP contribution in [0.2, 0.25) is 0 Å². The van der Waals surface area contributed by atoms with E-state index in [4.69, 9.17) is 9.15 Å². The van der Waals surface area contributed by atoms with Crippen LogP contribution in [0.3, 0.4) is 0 Å². The molecule has 0 atom stereocenters. The Kier molecular flexibility index (Phi) is 4.63. The van der Waals surface area contributed by atoms with Crippen LogP contribution in [0.4, 0.5) is 0 Å². The average Bonchev–Trinajstić information content (AvgIpc) is 3.02. The van der Waals surface area contributed by atoms with Gasteiger partial charge < -0.3 is 14.5 Å². The number of pyridine rings is 1. The van der Waals surface area contributed by atoms with E-state index in [-0.39, 0.29) is 5.91 Å². The van der Waals surface area contributed by atoms with Gasteiger partial charge in [0.05, 0.1) is 5.56 Å². The van der Waals surface area contributed by atoms with E-state index < -0.39 is 0 Å². The van der Waals surface area contributed by atoms with E-state index in [2.05, 4.69) is 15.3 Å². The molecule has 6 heteroatoms. The van der Waals surface area contributed by atoms with Crippen LogP contribution in [-0.4, -0.2) is 36.1 Å². The van der Waals surface area contributed by atoms with Crippen molar-refractivity contribution in [1.29, 1.82) is 0 Å². The third-order valence-corrected chi connectivity index (χ3v) is 3.37. The lowest BCUT2D eigenvalue weighted by Crippen LogP contribution is -2.25. The van der Waals surface area contributed by atoms with Crippen LogP contribution in [0.5, 0.6) is 0 Å². The van der Waals surface area contributed by atoms with Crippen molar-refractivity contribution < 1.29 is 13.9 Å². The molecule has 1 N–H and O–H groups in total. The number of oxazole rings is 1. The number of carbonyl (C=O) groups is 1. The normalized spacial score (nSPS) is 10.8. The predicted molar refractivity (Wildman–Crippen MR) is 86.1 cm³/mol. The molecule has 0 radical (unpaired) electrons. The first-order valence-electron chi connectivity index (χ1n) is 7.36. The van der Waals surface area contributed by atoms with Crippen LogP contribution in [-0.2, 0) is 4.74 Å². The maximum Gasteiger partial charge on any atom is 0.251 e. The second kappa shape index (κ2) is 7.02. The summed E-state index contributed by atoms with van der Waals surface area (Å²) in [7, 11) is 1.64. The van der Waals surface area contributed by atoms with Crippen molar-refractivity contribution in [3.63, 3.8) is 0 Å². The third kappa shape index (κ3) is 3.54. The first kappa shape index (κ1) is 15.2. The zero-order valence-corrected chi connectivity index (χ0v) is 12.8. The standard InChI is InChI=1S/C17H17N3O3/c1-22-9-3-8-19-16(21)12-5-6-14-15(10-12)23-17(20-14)13-4-2-7-18-11-13/h2,4-7,10-11H,3,8-9H2,1H3,(H,19,21). The molecule has 0 bridgehead atoms. The number of fused-ring (bicyclic) bond motifs is 1. The van der Waals surface area contributed by atoms with Gasteiger partial charge >= 0.3 is 0 Å². The van der Waals surface area contributed by atoms with Crippen LogP contribution in [0, 0.1) is 0 Å². The molecular weight excluding hydrogens is 294 g/mol. The Hall–Kier alpha value is -2.73. The van der Waals surface area contributed by atoms with E-state index in [1.54, 1.807) is 37.7 Å². The number of nitrogens with one attached hydrogen (secondary N) is 1. The van der Waals surface area contributed by atoms with Gasteiger partial charge in [0, 0.05) is 38.2 Å². The lowest BCUT2D eigenvalue weighted by Gasteiger charge is -2.04. The summed E-state index contributed by atoms with van der Waals surface area (Å²) in [6.45, 7) is 1.19. The highest BCUT2D eigenvalue weighted by Gasteiger charge is 2.11. The summed E-state index contributed by atoms with van der Waals surface area (Å²) in [6, 6.07) is 8.92. The van der Waals surface area contributed by atoms with Gasteiger partial charge in [0.1, 0.15) is 5.52 Å². The fraction of sp³-hybridized carbons (Fsp3) is 0.235. The summed E-state index contributed by atoms with van der Waals surface area (Å²) in [6.07, 6.45) is 4.16. The minimum Gasteiger partial charge on any atom is -0.436 e. The molecule has 6 nitrogen and oxygen atoms in total. The molecule has 1 amide bonds. The van der Waals surface area contributed by atoms with E-state index in [0.29, 0.717) is 35.7 Å². The lowest BCUT2D eigenvalue weighted by atomic mass is 10.2. The van der Waals surface area contributed by atoms with E-state index in [9.17, 15) is 4.79 Å². The molecule has 0 aliphatic heterocycles. The highest BCUT2D eigenvalue weighted by molar-refractivity contribution is 5.97.